The maximum absolute atomic E-state index is 12.0. The van der Waals surface area contributed by atoms with Gasteiger partial charge in [0.2, 0.25) is 0 Å². The average Bonchev–Trinajstić information content (AvgIpc) is 2.84. The van der Waals surface area contributed by atoms with Gasteiger partial charge in [-0.15, -0.1) is 0 Å². The molecule has 0 atom stereocenters. The van der Waals surface area contributed by atoms with Crippen LogP contribution < -0.4 is 0 Å². The number of hydrogen-bond donors (Lipinski definition) is 0. The predicted octanol–water partition coefficient (Wildman–Crippen LogP) is 0.867. The highest BCUT2D eigenvalue weighted by Gasteiger charge is 2.12. The van der Waals surface area contributed by atoms with Crippen molar-refractivity contribution in [3.63, 3.8) is 0 Å². The molecule has 5 heteroatoms. The quantitative estimate of drug-likeness (QED) is 0.729. The Kier molecular flexibility index (Phi) is 2.37. The second kappa shape index (κ2) is 3.68. The van der Waals surface area contributed by atoms with Gasteiger partial charge in [-0.1, -0.05) is 6.92 Å². The molecule has 2 heterocycles. The minimum atomic E-state index is -0.0857. The van der Waals surface area contributed by atoms with E-state index in [9.17, 15) is 4.79 Å². The summed E-state index contributed by atoms with van der Waals surface area (Å²) in [7, 11) is 1.78. The zero-order valence-corrected chi connectivity index (χ0v) is 8.71. The van der Waals surface area contributed by atoms with Gasteiger partial charge < -0.3 is 0 Å². The van der Waals surface area contributed by atoms with Gasteiger partial charge in [0.05, 0.1) is 11.8 Å². The first-order valence-corrected chi connectivity index (χ1v) is 4.78. The van der Waals surface area contributed by atoms with Gasteiger partial charge in [0, 0.05) is 32.1 Å². The number of rotatable bonds is 2. The molecule has 0 aliphatic carbocycles. The second-order valence-electron chi connectivity index (χ2n) is 3.27. The predicted molar refractivity (Wildman–Crippen MR) is 54.5 cm³/mol. The molecule has 2 rings (SSSR count). The van der Waals surface area contributed by atoms with Crippen LogP contribution in [0.1, 0.15) is 23.1 Å². The van der Waals surface area contributed by atoms with Crippen LogP contribution in [-0.2, 0) is 13.5 Å². The molecule has 5 nitrogen and oxygen atoms in total. The molecular weight excluding hydrogens is 192 g/mol. The van der Waals surface area contributed by atoms with Crippen molar-refractivity contribution < 1.29 is 4.79 Å². The van der Waals surface area contributed by atoms with Crippen LogP contribution >= 0.6 is 0 Å². The highest BCUT2D eigenvalue weighted by atomic mass is 16.2. The van der Waals surface area contributed by atoms with Crippen molar-refractivity contribution in [1.82, 2.24) is 19.3 Å². The van der Waals surface area contributed by atoms with Crippen LogP contribution in [0, 0.1) is 0 Å². The van der Waals surface area contributed by atoms with Crippen LogP contribution in [0.25, 0.3) is 0 Å². The van der Waals surface area contributed by atoms with Crippen LogP contribution in [0.5, 0.6) is 0 Å². The fourth-order valence-electron chi connectivity index (χ4n) is 1.45. The van der Waals surface area contributed by atoms with Crippen molar-refractivity contribution >= 4 is 5.91 Å². The Morgan fingerprint density at radius 2 is 2.33 bits per heavy atom. The third-order valence-electron chi connectivity index (χ3n) is 2.20. The Hall–Kier alpha value is -1.91. The molecule has 0 aliphatic rings. The first kappa shape index (κ1) is 9.64. The molecular formula is C10H12N4O. The molecule has 0 aliphatic heterocycles. The number of carbonyl (C=O) groups excluding carboxylic acids is 1. The zero-order chi connectivity index (χ0) is 10.8. The Labute approximate surface area is 87.4 Å². The maximum Gasteiger partial charge on any atom is 0.266 e. The van der Waals surface area contributed by atoms with Gasteiger partial charge in [0.15, 0.2) is 0 Å². The fraction of sp³-hybridized carbons (Fsp3) is 0.300. The smallest absolute Gasteiger partial charge is 0.266 e. The van der Waals surface area contributed by atoms with Gasteiger partial charge >= 0.3 is 0 Å². The van der Waals surface area contributed by atoms with E-state index in [1.165, 1.54) is 0 Å². The van der Waals surface area contributed by atoms with E-state index in [1.807, 2.05) is 6.92 Å². The Morgan fingerprint density at radius 3 is 2.93 bits per heavy atom. The largest absolute Gasteiger partial charge is 0.275 e. The van der Waals surface area contributed by atoms with E-state index in [-0.39, 0.29) is 5.91 Å². The van der Waals surface area contributed by atoms with E-state index in [4.69, 9.17) is 0 Å². The van der Waals surface area contributed by atoms with Gasteiger partial charge in [-0.2, -0.15) is 5.10 Å². The van der Waals surface area contributed by atoms with Crippen LogP contribution in [0.15, 0.2) is 24.8 Å². The molecule has 0 unspecified atom stereocenters. The second-order valence-corrected chi connectivity index (χ2v) is 3.27. The fourth-order valence-corrected chi connectivity index (χ4v) is 1.45. The SMILES string of the molecule is CCc1nccn1C(=O)c1cnn(C)c1. The molecule has 0 spiro atoms. The lowest BCUT2D eigenvalue weighted by Crippen LogP contribution is -2.13. The van der Waals surface area contributed by atoms with Crippen LogP contribution in [0.2, 0.25) is 0 Å². The molecule has 0 radical (unpaired) electrons. The number of hydrogen-bond acceptors (Lipinski definition) is 3. The van der Waals surface area contributed by atoms with E-state index in [0.717, 1.165) is 12.2 Å². The molecule has 2 aromatic rings. The zero-order valence-electron chi connectivity index (χ0n) is 8.71. The molecule has 0 bridgehead atoms. The minimum Gasteiger partial charge on any atom is -0.275 e. The first-order chi connectivity index (χ1) is 7.22. The highest BCUT2D eigenvalue weighted by Crippen LogP contribution is 2.05. The lowest BCUT2D eigenvalue weighted by atomic mass is 10.3. The summed E-state index contributed by atoms with van der Waals surface area (Å²) in [4.78, 5) is 16.1. The number of nitrogens with zero attached hydrogens (tertiary/aromatic N) is 4. The maximum atomic E-state index is 12.0. The molecule has 0 saturated carbocycles. The van der Waals surface area contributed by atoms with E-state index >= 15 is 0 Å². The molecule has 2 aromatic heterocycles. The lowest BCUT2D eigenvalue weighted by molar-refractivity contribution is 0.0956. The van der Waals surface area contributed by atoms with E-state index < -0.39 is 0 Å². The van der Waals surface area contributed by atoms with Gasteiger partial charge in [0.25, 0.3) is 5.91 Å². The summed E-state index contributed by atoms with van der Waals surface area (Å²) in [6.07, 6.45) is 7.30. The van der Waals surface area contributed by atoms with E-state index in [2.05, 4.69) is 10.1 Å². The normalized spacial score (nSPS) is 10.5. The van der Waals surface area contributed by atoms with Crippen LogP contribution in [-0.4, -0.2) is 25.2 Å². The summed E-state index contributed by atoms with van der Waals surface area (Å²) in [5, 5.41) is 3.97. The Bertz CT molecular complexity index is 483. The third-order valence-corrected chi connectivity index (χ3v) is 2.20. The topological polar surface area (TPSA) is 52.7 Å². The van der Waals surface area contributed by atoms with Crippen molar-refractivity contribution in [3.05, 3.63) is 36.2 Å². The molecule has 0 fully saturated rings. The number of aromatic nitrogens is 4. The van der Waals surface area contributed by atoms with Gasteiger partial charge in [-0.05, 0) is 0 Å². The number of aryl methyl sites for hydroxylation is 2. The summed E-state index contributed by atoms with van der Waals surface area (Å²) in [5.41, 5.74) is 0.574. The average molecular weight is 204 g/mol. The summed E-state index contributed by atoms with van der Waals surface area (Å²) in [6.45, 7) is 1.97. The molecule has 0 aromatic carbocycles. The van der Waals surface area contributed by atoms with Gasteiger partial charge in [-0.3, -0.25) is 14.0 Å². The molecule has 0 N–H and O–H groups in total. The highest BCUT2D eigenvalue weighted by molar-refractivity contribution is 5.95. The summed E-state index contributed by atoms with van der Waals surface area (Å²) < 4.78 is 3.16. The Balaban J connectivity index is 2.36. The van der Waals surface area contributed by atoms with Crippen molar-refractivity contribution in [3.8, 4) is 0 Å². The molecule has 0 amide bonds. The molecule has 0 saturated heterocycles. The monoisotopic (exact) mass is 204 g/mol. The van der Waals surface area contributed by atoms with Crippen molar-refractivity contribution in [1.29, 1.82) is 0 Å². The standard InChI is InChI=1S/C10H12N4O/c1-3-9-11-4-5-14(9)10(15)8-6-12-13(2)7-8/h4-7H,3H2,1-2H3. The molecule has 15 heavy (non-hydrogen) atoms. The first-order valence-electron chi connectivity index (χ1n) is 4.78. The van der Waals surface area contributed by atoms with E-state index in [1.54, 1.807) is 41.1 Å². The lowest BCUT2D eigenvalue weighted by Gasteiger charge is -2.01. The summed E-state index contributed by atoms with van der Waals surface area (Å²) in [6, 6.07) is 0. The minimum absolute atomic E-state index is 0.0857. The summed E-state index contributed by atoms with van der Waals surface area (Å²) in [5.74, 6) is 0.682. The third kappa shape index (κ3) is 1.68. The Morgan fingerprint density at radius 1 is 1.53 bits per heavy atom. The van der Waals surface area contributed by atoms with Gasteiger partial charge in [0.1, 0.15) is 5.82 Å². The van der Waals surface area contributed by atoms with E-state index in [0.29, 0.717) is 5.56 Å². The van der Waals surface area contributed by atoms with Crippen LogP contribution in [0.3, 0.4) is 0 Å². The van der Waals surface area contributed by atoms with Crippen molar-refractivity contribution in [2.45, 2.75) is 13.3 Å². The number of imidazole rings is 1. The summed E-state index contributed by atoms with van der Waals surface area (Å²) >= 11 is 0. The van der Waals surface area contributed by atoms with Crippen LogP contribution in [0.4, 0.5) is 0 Å². The number of carbonyl (C=O) groups is 1. The van der Waals surface area contributed by atoms with Gasteiger partial charge in [-0.25, -0.2) is 4.98 Å². The van der Waals surface area contributed by atoms with Crippen molar-refractivity contribution in [2.75, 3.05) is 0 Å². The van der Waals surface area contributed by atoms with Crippen molar-refractivity contribution in [2.24, 2.45) is 7.05 Å². The molecule has 78 valence electrons.